The monoisotopic (exact) mass is 457 g/mol. The van der Waals surface area contributed by atoms with Gasteiger partial charge in [-0.2, -0.15) is 13.2 Å². The highest BCUT2D eigenvalue weighted by molar-refractivity contribution is 5.92. The minimum atomic E-state index is -4.71. The molecule has 1 heterocycles. The molecule has 2 N–H and O–H groups in total. The van der Waals surface area contributed by atoms with Gasteiger partial charge in [-0.05, 0) is 29.5 Å². The maximum absolute atomic E-state index is 12.9. The van der Waals surface area contributed by atoms with Crippen LogP contribution in [-0.4, -0.2) is 33.0 Å². The lowest BCUT2D eigenvalue weighted by molar-refractivity contribution is -0.142. The molecule has 6 nitrogen and oxygen atoms in total. The zero-order chi connectivity index (χ0) is 24.0. The molecule has 0 saturated heterocycles. The minimum absolute atomic E-state index is 0.0960. The third-order valence-electron chi connectivity index (χ3n) is 5.13. The number of carboxylic acid groups (broad SMARTS) is 1. The van der Waals surface area contributed by atoms with Gasteiger partial charge in [-0.25, -0.2) is 9.97 Å². The molecule has 2 aromatic carbocycles. The van der Waals surface area contributed by atoms with E-state index in [4.69, 9.17) is 0 Å². The number of halogens is 3. The van der Waals surface area contributed by atoms with E-state index in [0.717, 1.165) is 16.7 Å². The van der Waals surface area contributed by atoms with Crippen LogP contribution in [0.25, 0.3) is 11.1 Å². The van der Waals surface area contributed by atoms with E-state index >= 15 is 0 Å². The number of hydrogen-bond donors (Lipinski definition) is 2. The summed E-state index contributed by atoms with van der Waals surface area (Å²) in [5, 5.41) is 11.9. The van der Waals surface area contributed by atoms with Crippen molar-refractivity contribution in [1.29, 1.82) is 0 Å². The van der Waals surface area contributed by atoms with Gasteiger partial charge in [0.2, 0.25) is 0 Å². The zero-order valence-electron chi connectivity index (χ0n) is 17.7. The zero-order valence-corrected chi connectivity index (χ0v) is 17.7. The summed E-state index contributed by atoms with van der Waals surface area (Å²) in [6.07, 6.45) is -3.64. The molecule has 1 amide bonds. The molecule has 0 saturated carbocycles. The summed E-state index contributed by atoms with van der Waals surface area (Å²) in [4.78, 5) is 30.7. The van der Waals surface area contributed by atoms with Gasteiger partial charge in [0.05, 0.1) is 5.92 Å². The van der Waals surface area contributed by atoms with Crippen molar-refractivity contribution in [2.45, 2.75) is 32.0 Å². The molecule has 1 aromatic heterocycles. The van der Waals surface area contributed by atoms with Crippen molar-refractivity contribution in [3.8, 4) is 11.1 Å². The summed E-state index contributed by atoms with van der Waals surface area (Å²) in [6.45, 7) is 1.51. The van der Waals surface area contributed by atoms with Crippen LogP contribution in [0.3, 0.4) is 0 Å². The molecule has 0 bridgehead atoms. The Kier molecular flexibility index (Phi) is 7.42. The average molecular weight is 457 g/mol. The lowest BCUT2D eigenvalue weighted by Gasteiger charge is -2.21. The Balaban J connectivity index is 1.77. The second-order valence-electron chi connectivity index (χ2n) is 7.70. The van der Waals surface area contributed by atoms with Crippen LogP contribution in [0.1, 0.15) is 35.1 Å². The third-order valence-corrected chi connectivity index (χ3v) is 5.13. The number of aliphatic carboxylic acids is 1. The fourth-order valence-corrected chi connectivity index (χ4v) is 3.37. The average Bonchev–Trinajstić information content (AvgIpc) is 2.79. The third kappa shape index (κ3) is 6.61. The molecular formula is C24H22F3N3O3. The molecular weight excluding hydrogens is 435 g/mol. The number of carboxylic acids is 1. The van der Waals surface area contributed by atoms with Crippen LogP contribution in [0.4, 0.5) is 13.2 Å². The Morgan fingerprint density at radius 3 is 2.24 bits per heavy atom. The first kappa shape index (κ1) is 23.9. The predicted octanol–water partition coefficient (Wildman–Crippen LogP) is 4.61. The van der Waals surface area contributed by atoms with Crippen LogP contribution in [0.5, 0.6) is 0 Å². The molecule has 0 radical (unpaired) electrons. The van der Waals surface area contributed by atoms with Gasteiger partial charge in [0.1, 0.15) is 17.7 Å². The quantitative estimate of drug-likeness (QED) is 0.515. The smallest absolute Gasteiger partial charge is 0.433 e. The first-order chi connectivity index (χ1) is 15.6. The van der Waals surface area contributed by atoms with Gasteiger partial charge < -0.3 is 10.4 Å². The largest absolute Gasteiger partial charge is 0.481 e. The number of benzene rings is 2. The second kappa shape index (κ2) is 10.2. The SMILES string of the molecule is CC(CC(Cc1ccc(-c2ccccc2)cc1)NC(=O)c1cc(C(F)(F)F)ncn1)C(=O)O. The van der Waals surface area contributed by atoms with Gasteiger partial charge >= 0.3 is 12.1 Å². The van der Waals surface area contributed by atoms with E-state index in [0.29, 0.717) is 18.8 Å². The summed E-state index contributed by atoms with van der Waals surface area (Å²) in [5.74, 6) is -2.63. The van der Waals surface area contributed by atoms with E-state index in [9.17, 15) is 27.9 Å². The van der Waals surface area contributed by atoms with Crippen LogP contribution in [0, 0.1) is 5.92 Å². The van der Waals surface area contributed by atoms with Crippen molar-refractivity contribution < 1.29 is 27.9 Å². The Hall–Kier alpha value is -3.75. The number of carbonyl (C=O) groups excluding carboxylic acids is 1. The normalized spacial score (nSPS) is 13.2. The van der Waals surface area contributed by atoms with Crippen molar-refractivity contribution in [2.24, 2.45) is 5.92 Å². The van der Waals surface area contributed by atoms with Crippen molar-refractivity contribution in [1.82, 2.24) is 15.3 Å². The Labute approximate surface area is 188 Å². The molecule has 0 aliphatic carbocycles. The summed E-state index contributed by atoms with van der Waals surface area (Å²) in [6, 6.07) is 17.3. The molecule has 0 spiro atoms. The van der Waals surface area contributed by atoms with E-state index < -0.39 is 41.4 Å². The molecule has 33 heavy (non-hydrogen) atoms. The summed E-state index contributed by atoms with van der Waals surface area (Å²) in [7, 11) is 0. The van der Waals surface area contributed by atoms with Crippen LogP contribution >= 0.6 is 0 Å². The number of carbonyl (C=O) groups is 2. The number of nitrogens with one attached hydrogen (secondary N) is 1. The number of alkyl halides is 3. The lowest BCUT2D eigenvalue weighted by atomic mass is 9.95. The Morgan fingerprint density at radius 2 is 1.64 bits per heavy atom. The van der Waals surface area contributed by atoms with E-state index in [2.05, 4.69) is 15.3 Å². The van der Waals surface area contributed by atoms with E-state index in [1.165, 1.54) is 6.92 Å². The molecule has 9 heteroatoms. The topological polar surface area (TPSA) is 92.2 Å². The number of amides is 1. The van der Waals surface area contributed by atoms with Crippen molar-refractivity contribution >= 4 is 11.9 Å². The minimum Gasteiger partial charge on any atom is -0.481 e. The van der Waals surface area contributed by atoms with Gasteiger partial charge in [0, 0.05) is 12.1 Å². The molecule has 0 fully saturated rings. The summed E-state index contributed by atoms with van der Waals surface area (Å²) < 4.78 is 38.7. The summed E-state index contributed by atoms with van der Waals surface area (Å²) in [5.41, 5.74) is 1.22. The molecule has 0 aliphatic heterocycles. The number of nitrogens with zero attached hydrogens (tertiary/aromatic N) is 2. The van der Waals surface area contributed by atoms with Gasteiger partial charge in [0.15, 0.2) is 0 Å². The summed E-state index contributed by atoms with van der Waals surface area (Å²) >= 11 is 0. The molecule has 3 aromatic rings. The van der Waals surface area contributed by atoms with Gasteiger partial charge in [0.25, 0.3) is 5.91 Å². The van der Waals surface area contributed by atoms with Crippen LogP contribution < -0.4 is 5.32 Å². The molecule has 3 rings (SSSR count). The van der Waals surface area contributed by atoms with Gasteiger partial charge in [-0.15, -0.1) is 0 Å². The molecule has 2 atom stereocenters. The number of rotatable bonds is 8. The fraction of sp³-hybridized carbons (Fsp3) is 0.250. The lowest BCUT2D eigenvalue weighted by Crippen LogP contribution is -2.39. The number of hydrogen-bond acceptors (Lipinski definition) is 4. The molecule has 172 valence electrons. The van der Waals surface area contributed by atoms with E-state index in [1.54, 1.807) is 0 Å². The first-order valence-corrected chi connectivity index (χ1v) is 10.2. The Bertz CT molecular complexity index is 1100. The van der Waals surface area contributed by atoms with Crippen LogP contribution in [-0.2, 0) is 17.4 Å². The molecule has 2 unspecified atom stereocenters. The highest BCUT2D eigenvalue weighted by Gasteiger charge is 2.33. The van der Waals surface area contributed by atoms with Crippen LogP contribution in [0.2, 0.25) is 0 Å². The maximum Gasteiger partial charge on any atom is 0.433 e. The Morgan fingerprint density at radius 1 is 1.00 bits per heavy atom. The fourth-order valence-electron chi connectivity index (χ4n) is 3.37. The van der Waals surface area contributed by atoms with Gasteiger partial charge in [-0.3, -0.25) is 9.59 Å². The highest BCUT2D eigenvalue weighted by Crippen LogP contribution is 2.27. The first-order valence-electron chi connectivity index (χ1n) is 10.2. The van der Waals surface area contributed by atoms with Crippen LogP contribution in [0.15, 0.2) is 67.0 Å². The van der Waals surface area contributed by atoms with Crippen molar-refractivity contribution in [3.63, 3.8) is 0 Å². The second-order valence-corrected chi connectivity index (χ2v) is 7.70. The van der Waals surface area contributed by atoms with E-state index in [-0.39, 0.29) is 6.42 Å². The highest BCUT2D eigenvalue weighted by atomic mass is 19.4. The van der Waals surface area contributed by atoms with Crippen molar-refractivity contribution in [2.75, 3.05) is 0 Å². The predicted molar refractivity (Wildman–Crippen MR) is 115 cm³/mol. The number of aromatic nitrogens is 2. The molecule has 0 aliphatic rings. The standard InChI is InChI=1S/C24H22F3N3O3/c1-15(23(32)33)11-19(30-22(31)20-13-21(24(25,26)27)29-14-28-20)12-16-7-9-18(10-8-16)17-5-3-2-4-6-17/h2-10,13-15,19H,11-12H2,1H3,(H,30,31)(H,32,33). The maximum atomic E-state index is 12.9. The van der Waals surface area contributed by atoms with Gasteiger partial charge in [-0.1, -0.05) is 61.5 Å². The van der Waals surface area contributed by atoms with E-state index in [1.807, 2.05) is 54.6 Å². The van der Waals surface area contributed by atoms with Crippen molar-refractivity contribution in [3.05, 3.63) is 83.9 Å².